The number of phenols is 1. The van der Waals surface area contributed by atoms with E-state index in [1.54, 1.807) is 18.2 Å². The molecular formula is C10H11FO3. The monoisotopic (exact) mass is 198 g/mol. The molecule has 1 atom stereocenters. The predicted molar refractivity (Wildman–Crippen MR) is 49.0 cm³/mol. The van der Waals surface area contributed by atoms with Crippen molar-refractivity contribution in [3.05, 3.63) is 29.8 Å². The zero-order chi connectivity index (χ0) is 10.6. The first-order valence-electron chi connectivity index (χ1n) is 4.25. The molecule has 0 spiro atoms. The molecule has 0 saturated carbocycles. The molecule has 0 saturated heterocycles. The first-order chi connectivity index (χ1) is 6.61. The number of benzene rings is 1. The largest absolute Gasteiger partial charge is 0.508 e. The number of alkyl halides is 1. The molecule has 0 amide bonds. The Bertz CT molecular complexity index is 325. The molecule has 14 heavy (non-hydrogen) atoms. The van der Waals surface area contributed by atoms with Gasteiger partial charge in [0.05, 0.1) is 0 Å². The van der Waals surface area contributed by atoms with Crippen molar-refractivity contribution in [2.75, 3.05) is 0 Å². The van der Waals surface area contributed by atoms with Gasteiger partial charge in [-0.25, -0.2) is 9.18 Å². The summed E-state index contributed by atoms with van der Waals surface area (Å²) in [6, 6.07) is 6.50. The van der Waals surface area contributed by atoms with Crippen LogP contribution in [-0.4, -0.2) is 22.4 Å². The Balaban J connectivity index is 2.54. The molecule has 0 aliphatic rings. The molecule has 0 radical (unpaired) electrons. The predicted octanol–water partition coefficient (Wildman–Crippen LogP) is 1.75. The second kappa shape index (κ2) is 4.60. The Morgan fingerprint density at radius 2 is 2.07 bits per heavy atom. The van der Waals surface area contributed by atoms with Gasteiger partial charge in [-0.05, 0) is 24.5 Å². The first kappa shape index (κ1) is 10.5. The van der Waals surface area contributed by atoms with E-state index in [1.165, 1.54) is 6.07 Å². The molecule has 1 unspecified atom stereocenters. The molecule has 0 bridgehead atoms. The maximum Gasteiger partial charge on any atom is 0.338 e. The number of aliphatic carboxylic acids is 1. The molecule has 3 nitrogen and oxygen atoms in total. The Morgan fingerprint density at radius 3 is 2.64 bits per heavy atom. The summed E-state index contributed by atoms with van der Waals surface area (Å²) in [5.41, 5.74) is 0.566. The third kappa shape index (κ3) is 2.73. The van der Waals surface area contributed by atoms with Gasteiger partial charge >= 0.3 is 5.97 Å². The van der Waals surface area contributed by atoms with E-state index in [0.29, 0.717) is 5.56 Å². The highest BCUT2D eigenvalue weighted by atomic mass is 19.1. The Hall–Kier alpha value is -1.58. The van der Waals surface area contributed by atoms with Crippen molar-refractivity contribution in [1.82, 2.24) is 0 Å². The van der Waals surface area contributed by atoms with E-state index in [9.17, 15) is 14.3 Å². The van der Waals surface area contributed by atoms with Gasteiger partial charge < -0.3 is 10.2 Å². The topological polar surface area (TPSA) is 57.5 Å². The number of hydrogen-bond acceptors (Lipinski definition) is 2. The van der Waals surface area contributed by atoms with E-state index in [-0.39, 0.29) is 18.6 Å². The minimum Gasteiger partial charge on any atom is -0.508 e. The fourth-order valence-corrected chi connectivity index (χ4v) is 1.13. The lowest BCUT2D eigenvalue weighted by Crippen LogP contribution is -2.15. The smallest absolute Gasteiger partial charge is 0.338 e. The number of carboxylic acid groups (broad SMARTS) is 1. The highest BCUT2D eigenvalue weighted by Crippen LogP contribution is 2.18. The molecule has 4 heteroatoms. The quantitative estimate of drug-likeness (QED) is 0.774. The van der Waals surface area contributed by atoms with E-state index in [1.807, 2.05) is 0 Å². The summed E-state index contributed by atoms with van der Waals surface area (Å²) < 4.78 is 12.7. The molecule has 0 aromatic heterocycles. The lowest BCUT2D eigenvalue weighted by molar-refractivity contribution is -0.142. The molecule has 0 aliphatic heterocycles. The summed E-state index contributed by atoms with van der Waals surface area (Å²) in [5, 5.41) is 17.6. The van der Waals surface area contributed by atoms with Gasteiger partial charge in [-0.2, -0.15) is 0 Å². The van der Waals surface area contributed by atoms with E-state index < -0.39 is 12.1 Å². The average molecular weight is 198 g/mol. The minimum atomic E-state index is -1.87. The number of hydrogen-bond donors (Lipinski definition) is 2. The van der Waals surface area contributed by atoms with Crippen LogP contribution in [-0.2, 0) is 11.2 Å². The van der Waals surface area contributed by atoms with Crippen molar-refractivity contribution in [2.24, 2.45) is 0 Å². The lowest BCUT2D eigenvalue weighted by Gasteiger charge is -2.04. The zero-order valence-electron chi connectivity index (χ0n) is 7.48. The summed E-state index contributed by atoms with van der Waals surface area (Å²) in [6.45, 7) is 0. The van der Waals surface area contributed by atoms with Gasteiger partial charge in [-0.1, -0.05) is 18.2 Å². The van der Waals surface area contributed by atoms with Crippen LogP contribution in [0.5, 0.6) is 5.75 Å². The molecule has 1 aromatic carbocycles. The van der Waals surface area contributed by atoms with Crippen LogP contribution in [0.15, 0.2) is 24.3 Å². The van der Waals surface area contributed by atoms with Crippen molar-refractivity contribution in [3.63, 3.8) is 0 Å². The number of para-hydroxylation sites is 1. The normalized spacial score (nSPS) is 12.4. The molecule has 76 valence electrons. The van der Waals surface area contributed by atoms with Crippen molar-refractivity contribution in [3.8, 4) is 5.75 Å². The third-order valence-corrected chi connectivity index (χ3v) is 1.93. The highest BCUT2D eigenvalue weighted by molar-refractivity contribution is 5.72. The number of carboxylic acids is 1. The van der Waals surface area contributed by atoms with Crippen molar-refractivity contribution in [2.45, 2.75) is 19.0 Å². The van der Waals surface area contributed by atoms with Crippen LogP contribution >= 0.6 is 0 Å². The van der Waals surface area contributed by atoms with Crippen LogP contribution < -0.4 is 0 Å². The third-order valence-electron chi connectivity index (χ3n) is 1.93. The zero-order valence-corrected chi connectivity index (χ0v) is 7.48. The van der Waals surface area contributed by atoms with Crippen LogP contribution in [0.1, 0.15) is 12.0 Å². The summed E-state index contributed by atoms with van der Waals surface area (Å²) in [4.78, 5) is 10.2. The molecule has 1 rings (SSSR count). The Kier molecular flexibility index (Phi) is 3.45. The number of aromatic hydroxyl groups is 1. The van der Waals surface area contributed by atoms with Gasteiger partial charge in [0, 0.05) is 0 Å². The van der Waals surface area contributed by atoms with Crippen LogP contribution in [0.2, 0.25) is 0 Å². The fraction of sp³-hybridized carbons (Fsp3) is 0.300. The number of carbonyl (C=O) groups is 1. The Labute approximate surface area is 80.8 Å². The average Bonchev–Trinajstić information content (AvgIpc) is 2.16. The SMILES string of the molecule is O=C(O)C(F)CCc1ccccc1O. The molecule has 0 fully saturated rings. The molecule has 0 aliphatic carbocycles. The Morgan fingerprint density at radius 1 is 1.43 bits per heavy atom. The maximum absolute atomic E-state index is 12.7. The van der Waals surface area contributed by atoms with E-state index in [0.717, 1.165) is 0 Å². The molecule has 0 heterocycles. The van der Waals surface area contributed by atoms with Crippen LogP contribution in [0.3, 0.4) is 0 Å². The maximum atomic E-state index is 12.7. The molecular weight excluding hydrogens is 187 g/mol. The van der Waals surface area contributed by atoms with Gasteiger partial charge in [0.1, 0.15) is 5.75 Å². The van der Waals surface area contributed by atoms with Crippen LogP contribution in [0, 0.1) is 0 Å². The van der Waals surface area contributed by atoms with E-state index in [4.69, 9.17) is 5.11 Å². The second-order valence-electron chi connectivity index (χ2n) is 2.97. The summed E-state index contributed by atoms with van der Waals surface area (Å²) >= 11 is 0. The van der Waals surface area contributed by atoms with Gasteiger partial charge in [-0.15, -0.1) is 0 Å². The van der Waals surface area contributed by atoms with Gasteiger partial charge in [-0.3, -0.25) is 0 Å². The highest BCUT2D eigenvalue weighted by Gasteiger charge is 2.15. The molecule has 2 N–H and O–H groups in total. The summed E-state index contributed by atoms with van der Waals surface area (Å²) in [7, 11) is 0. The van der Waals surface area contributed by atoms with Crippen molar-refractivity contribution < 1.29 is 19.4 Å². The number of aryl methyl sites for hydroxylation is 1. The number of rotatable bonds is 4. The van der Waals surface area contributed by atoms with E-state index in [2.05, 4.69) is 0 Å². The second-order valence-corrected chi connectivity index (χ2v) is 2.97. The van der Waals surface area contributed by atoms with Gasteiger partial charge in [0.25, 0.3) is 0 Å². The van der Waals surface area contributed by atoms with Crippen molar-refractivity contribution >= 4 is 5.97 Å². The number of halogens is 1. The van der Waals surface area contributed by atoms with Gasteiger partial charge in [0.2, 0.25) is 0 Å². The standard InChI is InChI=1S/C10H11FO3/c11-8(10(13)14)6-5-7-3-1-2-4-9(7)12/h1-4,8,12H,5-6H2,(H,13,14). The molecule has 1 aromatic rings. The summed E-state index contributed by atoms with van der Waals surface area (Å²) in [6.07, 6.45) is -1.76. The summed E-state index contributed by atoms with van der Waals surface area (Å²) in [5.74, 6) is -1.38. The van der Waals surface area contributed by atoms with E-state index >= 15 is 0 Å². The first-order valence-corrected chi connectivity index (χ1v) is 4.25. The number of phenolic OH excluding ortho intramolecular Hbond substituents is 1. The van der Waals surface area contributed by atoms with Crippen molar-refractivity contribution in [1.29, 1.82) is 0 Å². The lowest BCUT2D eigenvalue weighted by atomic mass is 10.1. The minimum absolute atomic E-state index is 0.0742. The fourth-order valence-electron chi connectivity index (χ4n) is 1.13. The van der Waals surface area contributed by atoms with Crippen LogP contribution in [0.25, 0.3) is 0 Å². The van der Waals surface area contributed by atoms with Gasteiger partial charge in [0.15, 0.2) is 6.17 Å². The van der Waals surface area contributed by atoms with Crippen LogP contribution in [0.4, 0.5) is 4.39 Å².